The van der Waals surface area contributed by atoms with Crippen LogP contribution in [0.15, 0.2) is 30.5 Å². The lowest BCUT2D eigenvalue weighted by Gasteiger charge is -2.25. The topological polar surface area (TPSA) is 59.3 Å². The summed E-state index contributed by atoms with van der Waals surface area (Å²) in [5.41, 5.74) is -0.469. The first-order chi connectivity index (χ1) is 14.0. The number of halogens is 4. The lowest BCUT2D eigenvalue weighted by atomic mass is 9.91. The minimum atomic E-state index is -4.50. The Hall–Kier alpha value is -2.97. The number of hydrogen-bond donors (Lipinski definition) is 1. The van der Waals surface area contributed by atoms with Crippen molar-refractivity contribution < 1.29 is 22.4 Å². The molecule has 2 heterocycles. The fourth-order valence-electron chi connectivity index (χ4n) is 3.22. The van der Waals surface area contributed by atoms with Crippen LogP contribution in [0.2, 0.25) is 0 Å². The van der Waals surface area contributed by atoms with E-state index in [1.807, 2.05) is 0 Å². The molecule has 0 radical (unpaired) electrons. The van der Waals surface area contributed by atoms with Crippen LogP contribution in [0.3, 0.4) is 0 Å². The van der Waals surface area contributed by atoms with Gasteiger partial charge < -0.3 is 5.32 Å². The van der Waals surface area contributed by atoms with Gasteiger partial charge in [-0.1, -0.05) is 0 Å². The lowest BCUT2D eigenvalue weighted by molar-refractivity contribution is -0.182. The smallest absolute Gasteiger partial charge is 0.349 e. The van der Waals surface area contributed by atoms with E-state index < -0.39 is 17.4 Å². The first kappa shape index (κ1) is 20.3. The van der Waals surface area contributed by atoms with Crippen molar-refractivity contribution >= 4 is 11.6 Å². The van der Waals surface area contributed by atoms with E-state index in [0.717, 1.165) is 26.7 Å². The SMILES string of the molecule is Cc1c(F)cc(C(=O)NC2CC2)cc1-c1ccn2c(C(C)(C)C(F)(F)F)nnc2c1. The second-order valence-electron chi connectivity index (χ2n) is 8.17. The van der Waals surface area contributed by atoms with Crippen molar-refractivity contribution in [3.05, 3.63) is 53.2 Å². The van der Waals surface area contributed by atoms with Crippen LogP contribution < -0.4 is 5.32 Å². The van der Waals surface area contributed by atoms with E-state index in [1.165, 1.54) is 22.7 Å². The number of carbonyl (C=O) groups is 1. The lowest BCUT2D eigenvalue weighted by Crippen LogP contribution is -2.38. The van der Waals surface area contributed by atoms with Gasteiger partial charge in [-0.05, 0) is 74.6 Å². The van der Waals surface area contributed by atoms with E-state index in [4.69, 9.17) is 0 Å². The van der Waals surface area contributed by atoms with Crippen molar-refractivity contribution in [2.24, 2.45) is 0 Å². The molecule has 1 amide bonds. The molecule has 4 rings (SSSR count). The summed E-state index contributed by atoms with van der Waals surface area (Å²) in [6, 6.07) is 6.01. The Kier molecular flexibility index (Phi) is 4.59. The maximum Gasteiger partial charge on any atom is 0.400 e. The average Bonchev–Trinajstić information content (AvgIpc) is 3.37. The molecule has 3 aromatic rings. The highest BCUT2D eigenvalue weighted by Crippen LogP contribution is 2.40. The van der Waals surface area contributed by atoms with Crippen molar-refractivity contribution in [1.82, 2.24) is 19.9 Å². The number of pyridine rings is 1. The van der Waals surface area contributed by atoms with Gasteiger partial charge in [0.1, 0.15) is 11.2 Å². The molecule has 1 saturated carbocycles. The Morgan fingerprint density at radius 1 is 1.17 bits per heavy atom. The molecule has 1 aliphatic rings. The zero-order valence-electron chi connectivity index (χ0n) is 16.6. The molecule has 1 N–H and O–H groups in total. The van der Waals surface area contributed by atoms with Crippen LogP contribution in [0, 0.1) is 12.7 Å². The Morgan fingerprint density at radius 3 is 2.50 bits per heavy atom. The molecule has 0 saturated heterocycles. The highest BCUT2D eigenvalue weighted by molar-refractivity contribution is 5.96. The summed E-state index contributed by atoms with van der Waals surface area (Å²) in [4.78, 5) is 12.4. The van der Waals surface area contributed by atoms with Crippen LogP contribution >= 0.6 is 0 Å². The summed E-state index contributed by atoms with van der Waals surface area (Å²) in [6.45, 7) is 3.66. The number of alkyl halides is 3. The summed E-state index contributed by atoms with van der Waals surface area (Å²) in [5, 5.41) is 10.5. The van der Waals surface area contributed by atoms with Gasteiger partial charge in [-0.25, -0.2) is 4.39 Å². The van der Waals surface area contributed by atoms with E-state index in [9.17, 15) is 22.4 Å². The van der Waals surface area contributed by atoms with Crippen LogP contribution in [0.4, 0.5) is 17.6 Å². The van der Waals surface area contributed by atoms with Crippen molar-refractivity contribution in [1.29, 1.82) is 0 Å². The van der Waals surface area contributed by atoms with Gasteiger partial charge in [0.15, 0.2) is 11.5 Å². The normalized spacial score (nSPS) is 14.9. The zero-order valence-corrected chi connectivity index (χ0v) is 16.6. The van der Waals surface area contributed by atoms with E-state index in [0.29, 0.717) is 16.7 Å². The largest absolute Gasteiger partial charge is 0.400 e. The Bertz CT molecular complexity index is 1150. The van der Waals surface area contributed by atoms with Crippen LogP contribution in [-0.4, -0.2) is 32.7 Å². The third-order valence-electron chi connectivity index (χ3n) is 5.51. The molecule has 0 atom stereocenters. The number of aromatic nitrogens is 3. The predicted molar refractivity (Wildman–Crippen MR) is 103 cm³/mol. The minimum absolute atomic E-state index is 0.132. The standard InChI is InChI=1S/C21H20F4N4O/c1-11-15(8-13(9-16(11)22)18(30)26-14-4-5-14)12-6-7-29-17(10-12)27-28-19(29)20(2,3)21(23,24)25/h6-10,14H,4-5H2,1-3H3,(H,26,30). The molecular weight excluding hydrogens is 400 g/mol. The number of carbonyl (C=O) groups excluding carboxylic acids is 1. The Labute approximate surface area is 170 Å². The van der Waals surface area contributed by atoms with E-state index in [2.05, 4.69) is 15.5 Å². The third kappa shape index (κ3) is 3.42. The van der Waals surface area contributed by atoms with Crippen molar-refractivity contribution in [3.63, 3.8) is 0 Å². The number of nitrogens with one attached hydrogen (secondary N) is 1. The molecule has 5 nitrogen and oxygen atoms in total. The van der Waals surface area contributed by atoms with Gasteiger partial charge in [0.2, 0.25) is 0 Å². The monoisotopic (exact) mass is 420 g/mol. The van der Waals surface area contributed by atoms with Crippen molar-refractivity contribution in [3.8, 4) is 11.1 Å². The van der Waals surface area contributed by atoms with Gasteiger partial charge in [0.25, 0.3) is 5.91 Å². The minimum Gasteiger partial charge on any atom is -0.349 e. The van der Waals surface area contributed by atoms with Crippen LogP contribution in [-0.2, 0) is 5.41 Å². The summed E-state index contributed by atoms with van der Waals surface area (Å²) in [6.07, 6.45) is -1.25. The van der Waals surface area contributed by atoms with Crippen LogP contribution in [0.5, 0.6) is 0 Å². The Morgan fingerprint density at radius 2 is 1.87 bits per heavy atom. The predicted octanol–water partition coefficient (Wildman–Crippen LogP) is 4.58. The summed E-state index contributed by atoms with van der Waals surface area (Å²) in [5.74, 6) is -1.12. The van der Waals surface area contributed by atoms with Gasteiger partial charge in [-0.2, -0.15) is 13.2 Å². The van der Waals surface area contributed by atoms with E-state index >= 15 is 0 Å². The molecule has 2 aromatic heterocycles. The fraction of sp³-hybridized carbons (Fsp3) is 0.381. The van der Waals surface area contributed by atoms with Crippen LogP contribution in [0.1, 0.15) is 48.4 Å². The number of benzene rings is 1. The van der Waals surface area contributed by atoms with Gasteiger partial charge >= 0.3 is 6.18 Å². The average molecular weight is 420 g/mol. The summed E-state index contributed by atoms with van der Waals surface area (Å²) in [7, 11) is 0. The quantitative estimate of drug-likeness (QED) is 0.629. The first-order valence-electron chi connectivity index (χ1n) is 9.52. The fourth-order valence-corrected chi connectivity index (χ4v) is 3.22. The van der Waals surface area contributed by atoms with E-state index in [1.54, 1.807) is 19.1 Å². The van der Waals surface area contributed by atoms with Gasteiger partial charge in [0, 0.05) is 17.8 Å². The molecule has 0 aliphatic heterocycles. The maximum atomic E-state index is 14.5. The summed E-state index contributed by atoms with van der Waals surface area (Å²) >= 11 is 0. The zero-order chi connectivity index (χ0) is 21.8. The molecule has 30 heavy (non-hydrogen) atoms. The molecular formula is C21H20F4N4O. The molecule has 1 fully saturated rings. The third-order valence-corrected chi connectivity index (χ3v) is 5.51. The highest BCUT2D eigenvalue weighted by Gasteiger charge is 2.51. The molecule has 9 heteroatoms. The second-order valence-corrected chi connectivity index (χ2v) is 8.17. The number of rotatable bonds is 4. The van der Waals surface area contributed by atoms with Gasteiger partial charge in [-0.3, -0.25) is 9.20 Å². The Balaban J connectivity index is 1.77. The number of nitrogens with zero attached hydrogens (tertiary/aromatic N) is 3. The van der Waals surface area contributed by atoms with Gasteiger partial charge in [-0.15, -0.1) is 10.2 Å². The molecule has 0 bridgehead atoms. The van der Waals surface area contributed by atoms with Gasteiger partial charge in [0.05, 0.1) is 0 Å². The van der Waals surface area contributed by atoms with E-state index in [-0.39, 0.29) is 29.0 Å². The van der Waals surface area contributed by atoms with Crippen molar-refractivity contribution in [2.75, 3.05) is 0 Å². The second kappa shape index (κ2) is 6.78. The molecule has 1 aromatic carbocycles. The first-order valence-corrected chi connectivity index (χ1v) is 9.52. The van der Waals surface area contributed by atoms with Crippen molar-refractivity contribution in [2.45, 2.75) is 51.2 Å². The maximum absolute atomic E-state index is 14.5. The molecule has 1 aliphatic carbocycles. The molecule has 0 spiro atoms. The highest BCUT2D eigenvalue weighted by atomic mass is 19.4. The number of hydrogen-bond acceptors (Lipinski definition) is 3. The summed E-state index contributed by atoms with van der Waals surface area (Å²) < 4.78 is 56.0. The number of fused-ring (bicyclic) bond motifs is 1. The number of amides is 1. The molecule has 158 valence electrons. The van der Waals surface area contributed by atoms with Crippen LogP contribution in [0.25, 0.3) is 16.8 Å². The molecule has 0 unspecified atom stereocenters.